The zero-order valence-corrected chi connectivity index (χ0v) is 9.65. The van der Waals surface area contributed by atoms with Crippen LogP contribution in [0.25, 0.3) is 0 Å². The van der Waals surface area contributed by atoms with E-state index in [9.17, 15) is 0 Å². The lowest BCUT2D eigenvalue weighted by molar-refractivity contribution is 0.326. The second-order valence-corrected chi connectivity index (χ2v) is 5.16. The molecule has 1 aliphatic heterocycles. The third-order valence-electron chi connectivity index (χ3n) is 3.66. The van der Waals surface area contributed by atoms with E-state index in [1.807, 2.05) is 4.68 Å². The fraction of sp³-hybridized carbons (Fsp3) is 0.750. The summed E-state index contributed by atoms with van der Waals surface area (Å²) in [6.07, 6.45) is 5.16. The van der Waals surface area contributed by atoms with E-state index >= 15 is 0 Å². The maximum Gasteiger partial charge on any atom is 0.121 e. The molecule has 4 nitrogen and oxygen atoms in total. The van der Waals surface area contributed by atoms with E-state index in [1.54, 1.807) is 0 Å². The molecule has 0 radical (unpaired) electrons. The van der Waals surface area contributed by atoms with Crippen molar-refractivity contribution in [3.8, 4) is 0 Å². The highest BCUT2D eigenvalue weighted by molar-refractivity contribution is 5.33. The normalized spacial score (nSPS) is 25.9. The maximum atomic E-state index is 6.00. The van der Waals surface area contributed by atoms with Gasteiger partial charge in [-0.2, -0.15) is 5.10 Å². The summed E-state index contributed by atoms with van der Waals surface area (Å²) in [5, 5.41) is 8.06. The number of nitrogens with one attached hydrogen (secondary N) is 1. The highest BCUT2D eigenvalue weighted by Crippen LogP contribution is 2.39. The van der Waals surface area contributed by atoms with E-state index in [0.29, 0.717) is 11.8 Å². The quantitative estimate of drug-likeness (QED) is 0.808. The third-order valence-corrected chi connectivity index (χ3v) is 3.66. The molecule has 1 saturated heterocycles. The van der Waals surface area contributed by atoms with Crippen LogP contribution >= 0.6 is 0 Å². The van der Waals surface area contributed by atoms with Gasteiger partial charge in [-0.15, -0.1) is 0 Å². The van der Waals surface area contributed by atoms with Crippen LogP contribution in [-0.2, 0) is 6.54 Å². The first-order valence-electron chi connectivity index (χ1n) is 6.37. The van der Waals surface area contributed by atoms with E-state index in [-0.39, 0.29) is 0 Å². The Bertz CT molecular complexity index is 361. The van der Waals surface area contributed by atoms with Crippen molar-refractivity contribution in [2.45, 2.75) is 38.1 Å². The van der Waals surface area contributed by atoms with Crippen LogP contribution in [0.5, 0.6) is 0 Å². The Labute approximate surface area is 96.2 Å². The van der Waals surface area contributed by atoms with E-state index < -0.39 is 0 Å². The van der Waals surface area contributed by atoms with Gasteiger partial charge in [0.25, 0.3) is 0 Å². The average Bonchev–Trinajstić information content (AvgIpc) is 3.07. The fourth-order valence-corrected chi connectivity index (χ4v) is 2.50. The zero-order valence-electron chi connectivity index (χ0n) is 9.65. The number of aromatic nitrogens is 2. The van der Waals surface area contributed by atoms with Gasteiger partial charge in [0.15, 0.2) is 0 Å². The van der Waals surface area contributed by atoms with E-state index in [0.717, 1.165) is 18.9 Å². The lowest BCUT2D eigenvalue weighted by atomic mass is 10.00. The number of hydrogen-bond donors (Lipinski definition) is 2. The van der Waals surface area contributed by atoms with Crippen molar-refractivity contribution in [3.63, 3.8) is 0 Å². The van der Waals surface area contributed by atoms with Gasteiger partial charge >= 0.3 is 0 Å². The molecule has 4 heteroatoms. The molecule has 3 rings (SSSR count). The smallest absolute Gasteiger partial charge is 0.121 e. The molecule has 1 aromatic heterocycles. The minimum absolute atomic E-state index is 0.697. The number of nitrogen functional groups attached to an aromatic ring is 1. The molecule has 0 bridgehead atoms. The molecule has 1 aromatic rings. The minimum Gasteiger partial charge on any atom is -0.384 e. The van der Waals surface area contributed by atoms with Gasteiger partial charge in [-0.05, 0) is 44.7 Å². The Balaban J connectivity index is 1.68. The van der Waals surface area contributed by atoms with Crippen LogP contribution in [0.1, 0.15) is 37.3 Å². The second kappa shape index (κ2) is 4.09. The fourth-order valence-electron chi connectivity index (χ4n) is 2.50. The minimum atomic E-state index is 0.697. The summed E-state index contributed by atoms with van der Waals surface area (Å²) in [6, 6.07) is 2.06. The molecule has 0 spiro atoms. The number of piperidine rings is 1. The lowest BCUT2D eigenvalue weighted by Crippen LogP contribution is -2.32. The monoisotopic (exact) mass is 220 g/mol. The van der Waals surface area contributed by atoms with Gasteiger partial charge in [0.05, 0.1) is 5.69 Å². The first-order chi connectivity index (χ1) is 7.83. The number of nitrogens with zero attached hydrogens (tertiary/aromatic N) is 2. The molecule has 2 fully saturated rings. The topological polar surface area (TPSA) is 55.9 Å². The molecule has 1 aliphatic carbocycles. The summed E-state index contributed by atoms with van der Waals surface area (Å²) in [4.78, 5) is 0. The van der Waals surface area contributed by atoms with Gasteiger partial charge in [-0.25, -0.2) is 4.68 Å². The summed E-state index contributed by atoms with van der Waals surface area (Å²) in [7, 11) is 0. The van der Waals surface area contributed by atoms with Crippen LogP contribution < -0.4 is 11.1 Å². The van der Waals surface area contributed by atoms with E-state index in [4.69, 9.17) is 5.73 Å². The molecule has 1 atom stereocenters. The molecule has 2 aliphatic rings. The van der Waals surface area contributed by atoms with Crippen molar-refractivity contribution in [2.75, 3.05) is 18.8 Å². The zero-order chi connectivity index (χ0) is 11.0. The van der Waals surface area contributed by atoms with Crippen LogP contribution in [0.3, 0.4) is 0 Å². The molecule has 0 aromatic carbocycles. The van der Waals surface area contributed by atoms with Gasteiger partial charge in [0.1, 0.15) is 5.82 Å². The Morgan fingerprint density at radius 2 is 2.31 bits per heavy atom. The Hall–Kier alpha value is -1.03. The SMILES string of the molecule is Nc1cc(C2CC2)nn1C[C@H]1CCCNC1. The summed E-state index contributed by atoms with van der Waals surface area (Å²) in [6.45, 7) is 3.25. The van der Waals surface area contributed by atoms with Crippen molar-refractivity contribution in [2.24, 2.45) is 5.92 Å². The molecule has 1 saturated carbocycles. The van der Waals surface area contributed by atoms with Gasteiger partial charge in [0.2, 0.25) is 0 Å². The molecular weight excluding hydrogens is 200 g/mol. The van der Waals surface area contributed by atoms with Crippen LogP contribution in [0.2, 0.25) is 0 Å². The molecular formula is C12H20N4. The van der Waals surface area contributed by atoms with Crippen molar-refractivity contribution in [1.82, 2.24) is 15.1 Å². The molecule has 3 N–H and O–H groups in total. The van der Waals surface area contributed by atoms with Crippen LogP contribution in [0.15, 0.2) is 6.07 Å². The average molecular weight is 220 g/mol. The van der Waals surface area contributed by atoms with E-state index in [1.165, 1.54) is 37.9 Å². The van der Waals surface area contributed by atoms with Crippen LogP contribution in [0, 0.1) is 5.92 Å². The Kier molecular flexibility index (Phi) is 2.59. The summed E-state index contributed by atoms with van der Waals surface area (Å²) in [5.74, 6) is 2.24. The van der Waals surface area contributed by atoms with E-state index in [2.05, 4.69) is 16.5 Å². The first kappa shape index (κ1) is 10.1. The highest BCUT2D eigenvalue weighted by atomic mass is 15.3. The maximum absolute atomic E-state index is 6.00. The van der Waals surface area contributed by atoms with Gasteiger partial charge in [-0.1, -0.05) is 0 Å². The number of rotatable bonds is 3. The van der Waals surface area contributed by atoms with Crippen molar-refractivity contribution < 1.29 is 0 Å². The third kappa shape index (κ3) is 2.07. The Morgan fingerprint density at radius 3 is 3.00 bits per heavy atom. The number of anilines is 1. The molecule has 88 valence electrons. The lowest BCUT2D eigenvalue weighted by Gasteiger charge is -2.22. The largest absolute Gasteiger partial charge is 0.384 e. The number of nitrogens with two attached hydrogens (primary N) is 1. The van der Waals surface area contributed by atoms with Gasteiger partial charge in [0, 0.05) is 18.5 Å². The number of hydrogen-bond acceptors (Lipinski definition) is 3. The molecule has 2 heterocycles. The predicted octanol–water partition coefficient (Wildman–Crippen LogP) is 1.34. The van der Waals surface area contributed by atoms with Crippen molar-refractivity contribution in [1.29, 1.82) is 0 Å². The second-order valence-electron chi connectivity index (χ2n) is 5.16. The highest BCUT2D eigenvalue weighted by Gasteiger charge is 2.27. The van der Waals surface area contributed by atoms with Crippen LogP contribution in [0.4, 0.5) is 5.82 Å². The Morgan fingerprint density at radius 1 is 1.44 bits per heavy atom. The van der Waals surface area contributed by atoms with Crippen molar-refractivity contribution in [3.05, 3.63) is 11.8 Å². The molecule has 16 heavy (non-hydrogen) atoms. The summed E-state index contributed by atoms with van der Waals surface area (Å²) < 4.78 is 2.01. The van der Waals surface area contributed by atoms with Gasteiger partial charge < -0.3 is 11.1 Å². The predicted molar refractivity (Wildman–Crippen MR) is 64.2 cm³/mol. The summed E-state index contributed by atoms with van der Waals surface area (Å²) in [5.41, 5.74) is 7.21. The van der Waals surface area contributed by atoms with Crippen molar-refractivity contribution >= 4 is 5.82 Å². The summed E-state index contributed by atoms with van der Waals surface area (Å²) >= 11 is 0. The standard InChI is InChI=1S/C12H20N4/c13-12-6-11(10-3-4-10)15-16(12)8-9-2-1-5-14-7-9/h6,9-10,14H,1-5,7-8,13H2/t9-/m0/s1. The van der Waals surface area contributed by atoms with Gasteiger partial charge in [-0.3, -0.25) is 0 Å². The molecule has 0 amide bonds. The molecule has 0 unspecified atom stereocenters. The van der Waals surface area contributed by atoms with Crippen LogP contribution in [-0.4, -0.2) is 22.9 Å². The first-order valence-corrected chi connectivity index (χ1v) is 6.37.